The number of benzene rings is 2. The fourth-order valence-corrected chi connectivity index (χ4v) is 3.94. The molecule has 1 aliphatic heterocycles. The molecule has 0 spiro atoms. The van der Waals surface area contributed by atoms with Crippen molar-refractivity contribution in [1.82, 2.24) is 15.6 Å². The third kappa shape index (κ3) is 6.06. The van der Waals surface area contributed by atoms with Gasteiger partial charge in [0.25, 0.3) is 5.91 Å². The molecule has 0 aliphatic carbocycles. The molecule has 1 fully saturated rings. The van der Waals surface area contributed by atoms with Crippen molar-refractivity contribution in [1.29, 1.82) is 0 Å². The highest BCUT2D eigenvalue weighted by Gasteiger charge is 2.19. The van der Waals surface area contributed by atoms with Crippen LogP contribution in [0.3, 0.4) is 0 Å². The maximum atomic E-state index is 12.4. The van der Waals surface area contributed by atoms with Crippen molar-refractivity contribution in [2.75, 3.05) is 18.0 Å². The Bertz CT molecular complexity index is 969. The Morgan fingerprint density at radius 3 is 2.39 bits per heavy atom. The number of carbonyl (C=O) groups excluding carboxylic acids is 1. The minimum atomic E-state index is -0.0690. The molecule has 1 aliphatic rings. The van der Waals surface area contributed by atoms with Gasteiger partial charge in [0, 0.05) is 60.9 Å². The summed E-state index contributed by atoms with van der Waals surface area (Å²) in [5.41, 5.74) is 4.08. The quantitative estimate of drug-likeness (QED) is 0.577. The molecular formula is C25H27ClN4O. The van der Waals surface area contributed by atoms with Crippen molar-refractivity contribution < 1.29 is 4.79 Å². The molecule has 31 heavy (non-hydrogen) atoms. The highest BCUT2D eigenvalue weighted by Crippen LogP contribution is 2.21. The molecule has 0 radical (unpaired) electrons. The van der Waals surface area contributed by atoms with Gasteiger partial charge in [-0.3, -0.25) is 9.78 Å². The van der Waals surface area contributed by atoms with Gasteiger partial charge in [-0.15, -0.1) is 0 Å². The number of amides is 1. The molecule has 0 saturated carbocycles. The molecule has 0 unspecified atom stereocenters. The van der Waals surface area contributed by atoms with E-state index in [1.165, 1.54) is 11.3 Å². The number of nitrogens with zero attached hydrogens (tertiary/aromatic N) is 2. The fraction of sp³-hybridized carbons (Fsp3) is 0.280. The zero-order valence-corrected chi connectivity index (χ0v) is 18.2. The van der Waals surface area contributed by atoms with Crippen LogP contribution in [-0.2, 0) is 13.1 Å². The summed E-state index contributed by atoms with van der Waals surface area (Å²) >= 11 is 5.95. The van der Waals surface area contributed by atoms with E-state index in [-0.39, 0.29) is 5.91 Å². The van der Waals surface area contributed by atoms with Crippen LogP contribution in [0.25, 0.3) is 0 Å². The van der Waals surface area contributed by atoms with Gasteiger partial charge in [0.15, 0.2) is 0 Å². The lowest BCUT2D eigenvalue weighted by molar-refractivity contribution is 0.0951. The van der Waals surface area contributed by atoms with Crippen LogP contribution in [0.5, 0.6) is 0 Å². The van der Waals surface area contributed by atoms with E-state index in [0.29, 0.717) is 18.2 Å². The average Bonchev–Trinajstić information content (AvgIpc) is 2.83. The van der Waals surface area contributed by atoms with Gasteiger partial charge in [-0.25, -0.2) is 0 Å². The Morgan fingerprint density at radius 1 is 0.968 bits per heavy atom. The Morgan fingerprint density at radius 2 is 1.71 bits per heavy atom. The second-order valence-electron chi connectivity index (χ2n) is 7.86. The first-order valence-corrected chi connectivity index (χ1v) is 11.0. The molecule has 4 rings (SSSR count). The van der Waals surface area contributed by atoms with E-state index in [4.69, 9.17) is 11.6 Å². The number of hydrogen-bond donors (Lipinski definition) is 2. The normalized spacial score (nSPS) is 14.4. The highest BCUT2D eigenvalue weighted by molar-refractivity contribution is 6.30. The van der Waals surface area contributed by atoms with E-state index in [1.807, 2.05) is 48.5 Å². The van der Waals surface area contributed by atoms with Crippen LogP contribution in [-0.4, -0.2) is 30.0 Å². The maximum Gasteiger partial charge on any atom is 0.251 e. The number of aromatic nitrogens is 1. The van der Waals surface area contributed by atoms with Gasteiger partial charge in [-0.05, 0) is 66.4 Å². The Labute approximate surface area is 188 Å². The van der Waals surface area contributed by atoms with Crippen LogP contribution < -0.4 is 15.5 Å². The number of carbonyl (C=O) groups is 1. The molecule has 1 saturated heterocycles. The van der Waals surface area contributed by atoms with Gasteiger partial charge >= 0.3 is 0 Å². The number of piperidine rings is 1. The topological polar surface area (TPSA) is 57.3 Å². The van der Waals surface area contributed by atoms with E-state index in [2.05, 4.69) is 32.7 Å². The molecule has 2 heterocycles. The summed E-state index contributed by atoms with van der Waals surface area (Å²) in [6.45, 7) is 3.35. The Kier molecular flexibility index (Phi) is 7.18. The number of anilines is 1. The zero-order chi connectivity index (χ0) is 21.5. The summed E-state index contributed by atoms with van der Waals surface area (Å²) in [6, 6.07) is 20.2. The van der Waals surface area contributed by atoms with Crippen molar-refractivity contribution in [2.24, 2.45) is 0 Å². The van der Waals surface area contributed by atoms with E-state index in [0.717, 1.165) is 43.1 Å². The largest absolute Gasteiger partial charge is 0.371 e. The van der Waals surface area contributed by atoms with Crippen molar-refractivity contribution in [3.8, 4) is 0 Å². The van der Waals surface area contributed by atoms with Crippen LogP contribution in [0.4, 0.5) is 5.69 Å². The standard InChI is InChI=1S/C25H27ClN4O/c26-22-7-3-19(4-8-22)17-28-23-11-14-30(15-12-23)24-9-5-21(6-10-24)25(31)29-18-20-2-1-13-27-16-20/h1-10,13,16,23,28H,11-12,14-15,17-18H2,(H,29,31). The summed E-state index contributed by atoms with van der Waals surface area (Å²) in [5.74, 6) is -0.0690. The fourth-order valence-electron chi connectivity index (χ4n) is 3.82. The number of rotatable bonds is 7. The molecule has 1 amide bonds. The lowest BCUT2D eigenvalue weighted by atomic mass is 10.0. The Balaban J connectivity index is 1.23. The smallest absolute Gasteiger partial charge is 0.251 e. The molecule has 3 aromatic rings. The van der Waals surface area contributed by atoms with Gasteiger partial charge in [-0.2, -0.15) is 0 Å². The first kappa shape index (κ1) is 21.3. The monoisotopic (exact) mass is 434 g/mol. The number of hydrogen-bond acceptors (Lipinski definition) is 4. The first-order chi connectivity index (χ1) is 15.2. The number of halogens is 1. The maximum absolute atomic E-state index is 12.4. The van der Waals surface area contributed by atoms with Crippen molar-refractivity contribution in [2.45, 2.75) is 32.0 Å². The Hall–Kier alpha value is -2.89. The summed E-state index contributed by atoms with van der Waals surface area (Å²) in [4.78, 5) is 18.9. The lowest BCUT2D eigenvalue weighted by Crippen LogP contribution is -2.42. The van der Waals surface area contributed by atoms with Crippen LogP contribution in [0, 0.1) is 0 Å². The van der Waals surface area contributed by atoms with Gasteiger partial charge in [0.2, 0.25) is 0 Å². The highest BCUT2D eigenvalue weighted by atomic mass is 35.5. The van der Waals surface area contributed by atoms with Crippen molar-refractivity contribution >= 4 is 23.2 Å². The van der Waals surface area contributed by atoms with Crippen LogP contribution >= 0.6 is 11.6 Å². The van der Waals surface area contributed by atoms with Crippen molar-refractivity contribution in [3.63, 3.8) is 0 Å². The molecule has 6 heteroatoms. The van der Waals surface area contributed by atoms with E-state index < -0.39 is 0 Å². The van der Waals surface area contributed by atoms with E-state index in [1.54, 1.807) is 12.4 Å². The molecule has 1 aromatic heterocycles. The molecule has 0 atom stereocenters. The second kappa shape index (κ2) is 10.4. The molecule has 2 N–H and O–H groups in total. The van der Waals surface area contributed by atoms with Crippen LogP contribution in [0.1, 0.15) is 34.3 Å². The first-order valence-electron chi connectivity index (χ1n) is 10.7. The third-order valence-corrected chi connectivity index (χ3v) is 5.93. The molecule has 5 nitrogen and oxygen atoms in total. The number of nitrogens with one attached hydrogen (secondary N) is 2. The zero-order valence-electron chi connectivity index (χ0n) is 17.4. The summed E-state index contributed by atoms with van der Waals surface area (Å²) in [5, 5.41) is 7.37. The average molecular weight is 435 g/mol. The number of pyridine rings is 1. The third-order valence-electron chi connectivity index (χ3n) is 5.67. The van der Waals surface area contributed by atoms with Gasteiger partial charge in [0.1, 0.15) is 0 Å². The molecule has 0 bridgehead atoms. The van der Waals surface area contributed by atoms with Crippen molar-refractivity contribution in [3.05, 3.63) is 94.8 Å². The SMILES string of the molecule is O=C(NCc1cccnc1)c1ccc(N2CCC(NCc3ccc(Cl)cc3)CC2)cc1. The molecule has 2 aromatic carbocycles. The van der Waals surface area contributed by atoms with Gasteiger partial charge in [0.05, 0.1) is 0 Å². The van der Waals surface area contributed by atoms with E-state index >= 15 is 0 Å². The van der Waals surface area contributed by atoms with Crippen LogP contribution in [0.2, 0.25) is 5.02 Å². The summed E-state index contributed by atoms with van der Waals surface area (Å²) in [6.07, 6.45) is 5.68. The van der Waals surface area contributed by atoms with Gasteiger partial charge < -0.3 is 15.5 Å². The second-order valence-corrected chi connectivity index (χ2v) is 8.30. The lowest BCUT2D eigenvalue weighted by Gasteiger charge is -2.34. The summed E-state index contributed by atoms with van der Waals surface area (Å²) in [7, 11) is 0. The van der Waals surface area contributed by atoms with Gasteiger partial charge in [-0.1, -0.05) is 29.8 Å². The summed E-state index contributed by atoms with van der Waals surface area (Å²) < 4.78 is 0. The minimum absolute atomic E-state index is 0.0690. The predicted octanol–water partition coefficient (Wildman–Crippen LogP) is 4.42. The van der Waals surface area contributed by atoms with Crippen LogP contribution in [0.15, 0.2) is 73.1 Å². The predicted molar refractivity (Wildman–Crippen MR) is 125 cm³/mol. The minimum Gasteiger partial charge on any atom is -0.371 e. The molecule has 160 valence electrons. The van der Waals surface area contributed by atoms with E-state index in [9.17, 15) is 4.79 Å². The molecular weight excluding hydrogens is 408 g/mol.